The molecular formula is C21H23BrNO5+. The fourth-order valence-corrected chi connectivity index (χ4v) is 4.72. The van der Waals surface area contributed by atoms with E-state index in [1.54, 1.807) is 14.2 Å². The zero-order valence-corrected chi connectivity index (χ0v) is 17.8. The van der Waals surface area contributed by atoms with Crippen LogP contribution in [0.2, 0.25) is 0 Å². The molecule has 2 aliphatic heterocycles. The third-order valence-electron chi connectivity index (χ3n) is 5.50. The molecule has 0 saturated heterocycles. The largest absolute Gasteiger partial charge is 0.497 e. The molecule has 4 rings (SSSR count). The van der Waals surface area contributed by atoms with E-state index in [1.165, 1.54) is 5.56 Å². The van der Waals surface area contributed by atoms with Gasteiger partial charge < -0.3 is 23.4 Å². The number of Topliss-reactive ketones (excluding diaryl/α,β-unsaturated/α-hetero) is 1. The molecule has 2 aromatic rings. The second-order valence-corrected chi connectivity index (χ2v) is 8.22. The molecule has 2 heterocycles. The lowest BCUT2D eigenvalue weighted by Crippen LogP contribution is -2.50. The van der Waals surface area contributed by atoms with Gasteiger partial charge in [-0.25, -0.2) is 0 Å². The standard InChI is InChI=1S/C21H23BrNO5/c1-23(11-17(24)13-4-6-14(25-2)7-5-13)9-8-15-16(10-23)19(26-3)21-20(18(15)22)27-12-28-21/h4-7H,8-12H2,1-3H3/q+1. The molecule has 0 amide bonds. The molecule has 0 aromatic heterocycles. The van der Waals surface area contributed by atoms with Crippen molar-refractivity contribution in [2.45, 2.75) is 13.0 Å². The molecule has 2 aliphatic rings. The van der Waals surface area contributed by atoms with Gasteiger partial charge in [-0.3, -0.25) is 4.79 Å². The van der Waals surface area contributed by atoms with Crippen LogP contribution in [0.1, 0.15) is 21.5 Å². The van der Waals surface area contributed by atoms with Crippen molar-refractivity contribution in [3.63, 3.8) is 0 Å². The SMILES string of the molecule is COc1ccc(C(=O)C[N+]2(C)CCc3c(Br)c4c(c(OC)c3C2)OCO4)cc1. The number of halogens is 1. The van der Waals surface area contributed by atoms with Crippen molar-refractivity contribution in [1.29, 1.82) is 0 Å². The van der Waals surface area contributed by atoms with E-state index < -0.39 is 0 Å². The fourth-order valence-electron chi connectivity index (χ4n) is 3.99. The maximum absolute atomic E-state index is 12.9. The Morgan fingerprint density at radius 2 is 1.82 bits per heavy atom. The first kappa shape index (κ1) is 19.1. The van der Waals surface area contributed by atoms with Gasteiger partial charge in [0.2, 0.25) is 18.3 Å². The molecule has 0 N–H and O–H groups in total. The Bertz CT molecular complexity index is 928. The number of nitrogens with zero attached hydrogens (tertiary/aromatic N) is 1. The zero-order chi connectivity index (χ0) is 19.9. The molecule has 0 saturated carbocycles. The average Bonchev–Trinajstić information content (AvgIpc) is 3.18. The normalized spacial score (nSPS) is 19.9. The highest BCUT2D eigenvalue weighted by Crippen LogP contribution is 2.52. The minimum Gasteiger partial charge on any atom is -0.497 e. The number of hydrogen-bond donors (Lipinski definition) is 0. The summed E-state index contributed by atoms with van der Waals surface area (Å²) in [7, 11) is 5.38. The number of quaternary nitrogens is 1. The lowest BCUT2D eigenvalue weighted by atomic mass is 9.95. The van der Waals surface area contributed by atoms with Gasteiger partial charge in [-0.05, 0) is 45.8 Å². The van der Waals surface area contributed by atoms with E-state index in [9.17, 15) is 4.79 Å². The van der Waals surface area contributed by atoms with E-state index in [4.69, 9.17) is 18.9 Å². The Morgan fingerprint density at radius 1 is 1.11 bits per heavy atom. The van der Waals surface area contributed by atoms with Crippen LogP contribution < -0.4 is 18.9 Å². The number of carbonyl (C=O) groups excluding carboxylic acids is 1. The summed E-state index contributed by atoms with van der Waals surface area (Å²) < 4.78 is 23.7. The Kier molecular flexibility index (Phi) is 4.97. The van der Waals surface area contributed by atoms with Gasteiger partial charge in [0, 0.05) is 12.0 Å². The van der Waals surface area contributed by atoms with Crippen LogP contribution in [-0.2, 0) is 13.0 Å². The van der Waals surface area contributed by atoms with Gasteiger partial charge in [0.05, 0.1) is 37.8 Å². The summed E-state index contributed by atoms with van der Waals surface area (Å²) in [6, 6.07) is 7.28. The van der Waals surface area contributed by atoms with E-state index in [1.807, 2.05) is 24.3 Å². The summed E-state index contributed by atoms with van der Waals surface area (Å²) in [6.45, 7) is 2.15. The van der Waals surface area contributed by atoms with Gasteiger partial charge in [0.1, 0.15) is 18.8 Å². The minimum atomic E-state index is 0.118. The van der Waals surface area contributed by atoms with Gasteiger partial charge >= 0.3 is 0 Å². The zero-order valence-electron chi connectivity index (χ0n) is 16.2. The van der Waals surface area contributed by atoms with Crippen molar-refractivity contribution in [1.82, 2.24) is 0 Å². The third kappa shape index (κ3) is 3.22. The van der Waals surface area contributed by atoms with Gasteiger partial charge in [0.25, 0.3) is 0 Å². The number of ether oxygens (including phenoxy) is 4. The van der Waals surface area contributed by atoms with Crippen molar-refractivity contribution in [2.75, 3.05) is 41.1 Å². The highest BCUT2D eigenvalue weighted by atomic mass is 79.9. The van der Waals surface area contributed by atoms with E-state index in [2.05, 4.69) is 23.0 Å². The van der Waals surface area contributed by atoms with E-state index in [-0.39, 0.29) is 12.6 Å². The monoisotopic (exact) mass is 448 g/mol. The maximum Gasteiger partial charge on any atom is 0.231 e. The lowest BCUT2D eigenvalue weighted by molar-refractivity contribution is -0.916. The van der Waals surface area contributed by atoms with E-state index in [0.717, 1.165) is 28.8 Å². The van der Waals surface area contributed by atoms with Crippen molar-refractivity contribution in [2.24, 2.45) is 0 Å². The summed E-state index contributed by atoms with van der Waals surface area (Å²) in [4.78, 5) is 12.9. The minimum absolute atomic E-state index is 0.118. The number of hydrogen-bond acceptors (Lipinski definition) is 5. The Labute approximate surface area is 172 Å². The summed E-state index contributed by atoms with van der Waals surface area (Å²) >= 11 is 3.67. The number of rotatable bonds is 5. The van der Waals surface area contributed by atoms with Gasteiger partial charge in [-0.15, -0.1) is 0 Å². The number of carbonyl (C=O) groups is 1. The Morgan fingerprint density at radius 3 is 2.50 bits per heavy atom. The number of benzene rings is 2. The topological polar surface area (TPSA) is 54.0 Å². The van der Waals surface area contributed by atoms with Crippen molar-refractivity contribution < 1.29 is 28.2 Å². The highest BCUT2D eigenvalue weighted by Gasteiger charge is 2.38. The second kappa shape index (κ2) is 7.29. The smallest absolute Gasteiger partial charge is 0.231 e. The van der Waals surface area contributed by atoms with Gasteiger partial charge in [-0.1, -0.05) is 0 Å². The first-order valence-corrected chi connectivity index (χ1v) is 9.92. The first-order valence-electron chi connectivity index (χ1n) is 9.13. The summed E-state index contributed by atoms with van der Waals surface area (Å²) in [6.07, 6.45) is 0.829. The predicted octanol–water partition coefficient (Wildman–Crippen LogP) is 3.58. The molecule has 2 aromatic carbocycles. The van der Waals surface area contributed by atoms with Crippen LogP contribution in [0.5, 0.6) is 23.0 Å². The fraction of sp³-hybridized carbons (Fsp3) is 0.381. The third-order valence-corrected chi connectivity index (χ3v) is 6.34. The van der Waals surface area contributed by atoms with Crippen LogP contribution in [0.15, 0.2) is 28.7 Å². The summed E-state index contributed by atoms with van der Waals surface area (Å²) in [5.41, 5.74) is 2.95. The van der Waals surface area contributed by atoms with Crippen LogP contribution in [-0.4, -0.2) is 51.4 Å². The molecule has 7 heteroatoms. The number of fused-ring (bicyclic) bond motifs is 2. The Hall–Kier alpha value is -2.25. The molecule has 0 bridgehead atoms. The molecule has 28 heavy (non-hydrogen) atoms. The van der Waals surface area contributed by atoms with Gasteiger partial charge in [0.15, 0.2) is 11.5 Å². The van der Waals surface area contributed by atoms with Crippen LogP contribution in [0, 0.1) is 0 Å². The van der Waals surface area contributed by atoms with Crippen molar-refractivity contribution >= 4 is 21.7 Å². The number of ketones is 1. The lowest BCUT2D eigenvalue weighted by Gasteiger charge is -2.39. The van der Waals surface area contributed by atoms with E-state index in [0.29, 0.717) is 40.4 Å². The maximum atomic E-state index is 12.9. The van der Waals surface area contributed by atoms with Crippen LogP contribution in [0.25, 0.3) is 0 Å². The van der Waals surface area contributed by atoms with Crippen molar-refractivity contribution in [3.05, 3.63) is 45.4 Å². The second-order valence-electron chi connectivity index (χ2n) is 7.43. The molecule has 6 nitrogen and oxygen atoms in total. The summed E-state index contributed by atoms with van der Waals surface area (Å²) in [5, 5.41) is 0. The van der Waals surface area contributed by atoms with Crippen LogP contribution in [0.3, 0.4) is 0 Å². The van der Waals surface area contributed by atoms with E-state index >= 15 is 0 Å². The predicted molar refractivity (Wildman–Crippen MR) is 107 cm³/mol. The Balaban J connectivity index is 1.62. The van der Waals surface area contributed by atoms with Gasteiger partial charge in [-0.2, -0.15) is 0 Å². The number of methoxy groups -OCH3 is 2. The molecule has 0 aliphatic carbocycles. The molecule has 0 spiro atoms. The molecule has 0 radical (unpaired) electrons. The molecular weight excluding hydrogens is 426 g/mol. The van der Waals surface area contributed by atoms with Crippen LogP contribution in [0.4, 0.5) is 0 Å². The quantitative estimate of drug-likeness (QED) is 0.516. The average molecular weight is 449 g/mol. The molecule has 0 fully saturated rings. The number of likely N-dealkylation sites (N-methyl/N-ethyl adjacent to an activating group) is 1. The van der Waals surface area contributed by atoms with Crippen LogP contribution >= 0.6 is 15.9 Å². The molecule has 1 unspecified atom stereocenters. The highest BCUT2D eigenvalue weighted by molar-refractivity contribution is 9.10. The molecule has 1 atom stereocenters. The molecule has 148 valence electrons. The summed E-state index contributed by atoms with van der Waals surface area (Å²) in [5.74, 6) is 2.93. The first-order chi connectivity index (χ1) is 13.5. The van der Waals surface area contributed by atoms with Crippen molar-refractivity contribution in [3.8, 4) is 23.0 Å².